The number of carbonyl (C=O) groups is 1. The van der Waals surface area contributed by atoms with Crippen LogP contribution < -0.4 is 5.32 Å². The third-order valence-corrected chi connectivity index (χ3v) is 5.84. The maximum absolute atomic E-state index is 12.5. The Balaban J connectivity index is 1.90. The summed E-state index contributed by atoms with van der Waals surface area (Å²) in [5.41, 5.74) is 5.22. The van der Waals surface area contributed by atoms with Crippen molar-refractivity contribution in [3.8, 4) is 11.3 Å². The fraction of sp³-hybridized carbons (Fsp3) is 0.238. The summed E-state index contributed by atoms with van der Waals surface area (Å²) >= 11 is 4.95. The number of carbonyl (C=O) groups excluding carboxylic acids is 1. The van der Waals surface area contributed by atoms with E-state index in [1.807, 2.05) is 12.1 Å². The molecule has 1 heterocycles. The van der Waals surface area contributed by atoms with Crippen molar-refractivity contribution in [2.24, 2.45) is 0 Å². The van der Waals surface area contributed by atoms with Gasteiger partial charge in [-0.05, 0) is 61.7 Å². The summed E-state index contributed by atoms with van der Waals surface area (Å²) in [6.45, 7) is 6.38. The Kier molecular flexibility index (Phi) is 5.89. The predicted molar refractivity (Wildman–Crippen MR) is 113 cm³/mol. The van der Waals surface area contributed by atoms with Crippen molar-refractivity contribution in [3.05, 3.63) is 68.5 Å². The summed E-state index contributed by atoms with van der Waals surface area (Å²) in [7, 11) is 0. The van der Waals surface area contributed by atoms with E-state index in [4.69, 9.17) is 4.98 Å². The lowest BCUT2D eigenvalue weighted by Crippen LogP contribution is -2.11. The van der Waals surface area contributed by atoms with E-state index in [1.54, 1.807) is 23.5 Å². The molecular weight excluding hydrogens is 408 g/mol. The number of aromatic nitrogens is 1. The van der Waals surface area contributed by atoms with Gasteiger partial charge in [0, 0.05) is 20.5 Å². The molecule has 0 fully saturated rings. The second-order valence-electron chi connectivity index (χ2n) is 6.30. The molecule has 0 radical (unpaired) electrons. The van der Waals surface area contributed by atoms with E-state index in [-0.39, 0.29) is 5.91 Å². The lowest BCUT2D eigenvalue weighted by atomic mass is 10.0. The van der Waals surface area contributed by atoms with E-state index in [2.05, 4.69) is 60.2 Å². The van der Waals surface area contributed by atoms with Crippen LogP contribution in [0, 0.1) is 13.8 Å². The van der Waals surface area contributed by atoms with Gasteiger partial charge in [0.15, 0.2) is 5.13 Å². The Labute approximate surface area is 166 Å². The first-order chi connectivity index (χ1) is 12.5. The molecule has 0 aliphatic rings. The highest BCUT2D eigenvalue weighted by Crippen LogP contribution is 2.33. The van der Waals surface area contributed by atoms with Gasteiger partial charge < -0.3 is 0 Å². The van der Waals surface area contributed by atoms with Crippen molar-refractivity contribution < 1.29 is 4.79 Å². The second-order valence-corrected chi connectivity index (χ2v) is 8.30. The summed E-state index contributed by atoms with van der Waals surface area (Å²) in [4.78, 5) is 18.4. The largest absolute Gasteiger partial charge is 0.298 e. The first kappa shape index (κ1) is 18.8. The predicted octanol–water partition coefficient (Wildman–Crippen LogP) is 6.39. The minimum absolute atomic E-state index is 0.138. The zero-order valence-corrected chi connectivity index (χ0v) is 17.5. The van der Waals surface area contributed by atoms with E-state index in [0.717, 1.165) is 28.6 Å². The molecule has 0 saturated heterocycles. The average molecular weight is 429 g/mol. The lowest BCUT2D eigenvalue weighted by Gasteiger charge is -2.05. The van der Waals surface area contributed by atoms with Gasteiger partial charge in [-0.25, -0.2) is 4.98 Å². The SMILES string of the molecule is CCCc1sc(NC(=O)c2ccc(Br)cc2)nc1-c1ccc(C)c(C)c1. The van der Waals surface area contributed by atoms with E-state index in [1.165, 1.54) is 16.0 Å². The van der Waals surface area contributed by atoms with Crippen LogP contribution in [0.15, 0.2) is 46.9 Å². The average Bonchev–Trinajstić information content (AvgIpc) is 3.00. The molecule has 0 spiro atoms. The molecule has 0 saturated carbocycles. The molecule has 0 aliphatic heterocycles. The molecule has 134 valence electrons. The topological polar surface area (TPSA) is 42.0 Å². The molecule has 0 aliphatic carbocycles. The third-order valence-electron chi connectivity index (χ3n) is 4.28. The lowest BCUT2D eigenvalue weighted by molar-refractivity contribution is 0.102. The summed E-state index contributed by atoms with van der Waals surface area (Å²) < 4.78 is 0.950. The molecule has 1 amide bonds. The second kappa shape index (κ2) is 8.14. The number of aryl methyl sites for hydroxylation is 3. The molecule has 0 unspecified atom stereocenters. The quantitative estimate of drug-likeness (QED) is 0.510. The molecule has 26 heavy (non-hydrogen) atoms. The van der Waals surface area contributed by atoms with Crippen molar-refractivity contribution >= 4 is 38.3 Å². The van der Waals surface area contributed by atoms with E-state index in [9.17, 15) is 4.79 Å². The highest BCUT2D eigenvalue weighted by atomic mass is 79.9. The van der Waals surface area contributed by atoms with Gasteiger partial charge in [0.05, 0.1) is 5.69 Å². The van der Waals surface area contributed by atoms with Crippen LogP contribution >= 0.6 is 27.3 Å². The normalized spacial score (nSPS) is 10.8. The number of rotatable bonds is 5. The van der Waals surface area contributed by atoms with Gasteiger partial charge in [0.2, 0.25) is 0 Å². The fourth-order valence-electron chi connectivity index (χ4n) is 2.69. The molecule has 2 aromatic carbocycles. The smallest absolute Gasteiger partial charge is 0.257 e. The Hall–Kier alpha value is -1.98. The first-order valence-corrected chi connectivity index (χ1v) is 10.2. The van der Waals surface area contributed by atoms with E-state index >= 15 is 0 Å². The van der Waals surface area contributed by atoms with Crippen LogP contribution in [-0.4, -0.2) is 10.9 Å². The monoisotopic (exact) mass is 428 g/mol. The molecule has 0 atom stereocenters. The Morgan fingerprint density at radius 2 is 1.85 bits per heavy atom. The van der Waals surface area contributed by atoms with Gasteiger partial charge in [-0.2, -0.15) is 0 Å². The van der Waals surface area contributed by atoms with Crippen LogP contribution in [0.5, 0.6) is 0 Å². The number of halogens is 1. The number of benzene rings is 2. The highest BCUT2D eigenvalue weighted by Gasteiger charge is 2.15. The van der Waals surface area contributed by atoms with Crippen LogP contribution in [-0.2, 0) is 6.42 Å². The molecule has 1 aromatic heterocycles. The zero-order chi connectivity index (χ0) is 18.7. The first-order valence-electron chi connectivity index (χ1n) is 8.62. The molecule has 5 heteroatoms. The van der Waals surface area contributed by atoms with Crippen LogP contribution in [0.4, 0.5) is 5.13 Å². The number of thiazole rings is 1. The number of amides is 1. The molecule has 3 aromatic rings. The van der Waals surface area contributed by atoms with Gasteiger partial charge in [0.1, 0.15) is 0 Å². The highest BCUT2D eigenvalue weighted by molar-refractivity contribution is 9.10. The van der Waals surface area contributed by atoms with Crippen molar-refractivity contribution in [3.63, 3.8) is 0 Å². The molecule has 1 N–H and O–H groups in total. The summed E-state index contributed by atoms with van der Waals surface area (Å²) in [5, 5.41) is 3.59. The Bertz CT molecular complexity index is 932. The third kappa shape index (κ3) is 4.22. The maximum Gasteiger partial charge on any atom is 0.257 e. The van der Waals surface area contributed by atoms with E-state index in [0.29, 0.717) is 10.7 Å². The van der Waals surface area contributed by atoms with Crippen molar-refractivity contribution in [2.75, 3.05) is 5.32 Å². The number of nitrogens with zero attached hydrogens (tertiary/aromatic N) is 1. The van der Waals surface area contributed by atoms with Crippen molar-refractivity contribution in [2.45, 2.75) is 33.6 Å². The van der Waals surface area contributed by atoms with Crippen molar-refractivity contribution in [1.82, 2.24) is 4.98 Å². The van der Waals surface area contributed by atoms with Gasteiger partial charge in [0.25, 0.3) is 5.91 Å². The van der Waals surface area contributed by atoms with Gasteiger partial charge in [-0.1, -0.05) is 41.4 Å². The van der Waals surface area contributed by atoms with Crippen LogP contribution in [0.1, 0.15) is 39.7 Å². The summed E-state index contributed by atoms with van der Waals surface area (Å²) in [5.74, 6) is -0.138. The van der Waals surface area contributed by atoms with Crippen molar-refractivity contribution in [1.29, 1.82) is 0 Å². The standard InChI is InChI=1S/C21H21BrN2OS/c1-4-5-18-19(16-7-6-13(2)14(3)12-16)23-21(26-18)24-20(25)15-8-10-17(22)11-9-15/h6-12H,4-5H2,1-3H3,(H,23,24,25). The minimum Gasteiger partial charge on any atom is -0.298 e. The fourth-order valence-corrected chi connectivity index (χ4v) is 4.03. The number of anilines is 1. The summed E-state index contributed by atoms with van der Waals surface area (Å²) in [6, 6.07) is 13.7. The van der Waals surface area contributed by atoms with Gasteiger partial charge in [-0.15, -0.1) is 11.3 Å². The summed E-state index contributed by atoms with van der Waals surface area (Å²) in [6.07, 6.45) is 1.99. The zero-order valence-electron chi connectivity index (χ0n) is 15.1. The van der Waals surface area contributed by atoms with Crippen LogP contribution in [0.25, 0.3) is 11.3 Å². The maximum atomic E-state index is 12.5. The van der Waals surface area contributed by atoms with Crippen LogP contribution in [0.2, 0.25) is 0 Å². The number of nitrogens with one attached hydrogen (secondary N) is 1. The Morgan fingerprint density at radius 1 is 1.12 bits per heavy atom. The molecular formula is C21H21BrN2OS. The van der Waals surface area contributed by atoms with E-state index < -0.39 is 0 Å². The Morgan fingerprint density at radius 3 is 2.50 bits per heavy atom. The van der Waals surface area contributed by atoms with Gasteiger partial charge in [-0.3, -0.25) is 10.1 Å². The molecule has 3 nitrogen and oxygen atoms in total. The van der Waals surface area contributed by atoms with Crippen LogP contribution in [0.3, 0.4) is 0 Å². The number of hydrogen-bond donors (Lipinski definition) is 1. The molecule has 0 bridgehead atoms. The van der Waals surface area contributed by atoms with Gasteiger partial charge >= 0.3 is 0 Å². The number of hydrogen-bond acceptors (Lipinski definition) is 3. The molecule has 3 rings (SSSR count). The minimum atomic E-state index is -0.138.